The van der Waals surface area contributed by atoms with Crippen molar-refractivity contribution in [3.05, 3.63) is 53.5 Å². The Balaban J connectivity index is 0.00000256. The van der Waals surface area contributed by atoms with Crippen LogP contribution < -0.4 is 15.5 Å². The summed E-state index contributed by atoms with van der Waals surface area (Å²) in [6.45, 7) is 8.06. The van der Waals surface area contributed by atoms with Gasteiger partial charge in [-0.25, -0.2) is 14.4 Å². The summed E-state index contributed by atoms with van der Waals surface area (Å²) in [5, 5.41) is 0. The molecule has 162 valence electrons. The number of hydrogen-bond acceptors (Lipinski definition) is 4. The minimum absolute atomic E-state index is 0. The highest BCUT2D eigenvalue weighted by molar-refractivity contribution is 14.0. The average molecular weight is 524 g/mol. The summed E-state index contributed by atoms with van der Waals surface area (Å²) < 4.78 is 13.1. The predicted octanol–water partition coefficient (Wildman–Crippen LogP) is 3.38. The van der Waals surface area contributed by atoms with Crippen LogP contribution >= 0.6 is 24.0 Å². The number of aliphatic imine (C=N–C) groups is 1. The first-order valence-electron chi connectivity index (χ1n) is 10.4. The van der Waals surface area contributed by atoms with E-state index in [-0.39, 0.29) is 29.8 Å². The molecule has 0 spiro atoms. The van der Waals surface area contributed by atoms with Crippen LogP contribution in [-0.2, 0) is 6.54 Å². The molecule has 0 saturated carbocycles. The molecule has 4 rings (SSSR count). The molecule has 2 saturated heterocycles. The van der Waals surface area contributed by atoms with Gasteiger partial charge < -0.3 is 20.4 Å². The van der Waals surface area contributed by atoms with E-state index in [9.17, 15) is 4.39 Å². The number of benzene rings is 1. The maximum atomic E-state index is 13.1. The maximum absolute atomic E-state index is 13.1. The highest BCUT2D eigenvalue weighted by Crippen LogP contribution is 2.21. The van der Waals surface area contributed by atoms with Crippen LogP contribution in [0.5, 0.6) is 0 Å². The Morgan fingerprint density at radius 1 is 1.00 bits per heavy atom. The summed E-state index contributed by atoms with van der Waals surface area (Å²) in [6, 6.07) is 10.9. The zero-order valence-corrected chi connectivity index (χ0v) is 19.8. The molecule has 30 heavy (non-hydrogen) atoms. The fourth-order valence-electron chi connectivity index (χ4n) is 4.04. The summed E-state index contributed by atoms with van der Waals surface area (Å²) in [4.78, 5) is 16.0. The van der Waals surface area contributed by atoms with E-state index in [0.717, 1.165) is 62.0 Å². The second kappa shape index (κ2) is 10.3. The number of anilines is 2. The Morgan fingerprint density at radius 2 is 1.67 bits per heavy atom. The molecule has 2 aliphatic heterocycles. The standard InChI is InChI=1S/C22H29FN6.HI/c1-17-14-18(15-21(26-17)28-8-2-3-9-28)16-25-22(24)29-12-10-27(11-13-29)20-6-4-19(23)5-7-20;/h4-7,14-15H,2-3,8-13,16H2,1H3,(H2,24,25);1H. The fourth-order valence-corrected chi connectivity index (χ4v) is 4.04. The van der Waals surface area contributed by atoms with Gasteiger partial charge >= 0.3 is 0 Å². The molecular weight excluding hydrogens is 494 g/mol. The van der Waals surface area contributed by atoms with Crippen LogP contribution in [0.3, 0.4) is 0 Å². The summed E-state index contributed by atoms with van der Waals surface area (Å²) in [5.74, 6) is 1.43. The second-order valence-corrected chi connectivity index (χ2v) is 7.79. The lowest BCUT2D eigenvalue weighted by Crippen LogP contribution is -2.51. The minimum atomic E-state index is -0.206. The molecule has 6 nitrogen and oxygen atoms in total. The summed E-state index contributed by atoms with van der Waals surface area (Å²) in [7, 11) is 0. The first-order valence-corrected chi connectivity index (χ1v) is 10.4. The molecule has 0 amide bonds. The molecule has 8 heteroatoms. The van der Waals surface area contributed by atoms with Crippen molar-refractivity contribution in [2.75, 3.05) is 49.1 Å². The van der Waals surface area contributed by atoms with Crippen LogP contribution in [0.15, 0.2) is 41.4 Å². The topological polar surface area (TPSA) is 61.0 Å². The highest BCUT2D eigenvalue weighted by Gasteiger charge is 2.19. The Kier molecular flexibility index (Phi) is 7.74. The first-order chi connectivity index (χ1) is 14.1. The van der Waals surface area contributed by atoms with Crippen molar-refractivity contribution in [3.8, 4) is 0 Å². The third-order valence-corrected chi connectivity index (χ3v) is 5.65. The Bertz CT molecular complexity index is 858. The van der Waals surface area contributed by atoms with E-state index in [4.69, 9.17) is 5.73 Å². The number of aromatic nitrogens is 1. The van der Waals surface area contributed by atoms with Gasteiger partial charge in [0.1, 0.15) is 11.6 Å². The van der Waals surface area contributed by atoms with Crippen molar-refractivity contribution in [2.45, 2.75) is 26.3 Å². The van der Waals surface area contributed by atoms with Gasteiger partial charge in [-0.05, 0) is 61.7 Å². The monoisotopic (exact) mass is 524 g/mol. The number of piperazine rings is 1. The molecule has 0 bridgehead atoms. The summed E-state index contributed by atoms with van der Waals surface area (Å²) in [5.41, 5.74) is 9.49. The van der Waals surface area contributed by atoms with Crippen molar-refractivity contribution < 1.29 is 4.39 Å². The molecule has 0 unspecified atom stereocenters. The Labute approximate surface area is 195 Å². The number of nitrogens with zero attached hydrogens (tertiary/aromatic N) is 5. The summed E-state index contributed by atoms with van der Waals surface area (Å²) in [6.07, 6.45) is 2.47. The van der Waals surface area contributed by atoms with Gasteiger partial charge in [-0.1, -0.05) is 0 Å². The molecule has 2 aromatic rings. The van der Waals surface area contributed by atoms with Gasteiger partial charge in [0.05, 0.1) is 6.54 Å². The number of pyridine rings is 1. The smallest absolute Gasteiger partial charge is 0.191 e. The van der Waals surface area contributed by atoms with E-state index in [1.165, 1.54) is 25.0 Å². The van der Waals surface area contributed by atoms with Gasteiger partial charge in [0, 0.05) is 50.6 Å². The maximum Gasteiger partial charge on any atom is 0.191 e. The van der Waals surface area contributed by atoms with Crippen molar-refractivity contribution in [1.82, 2.24) is 9.88 Å². The van der Waals surface area contributed by atoms with E-state index in [1.807, 2.05) is 19.1 Å². The van der Waals surface area contributed by atoms with Crippen LogP contribution in [0.2, 0.25) is 0 Å². The third-order valence-electron chi connectivity index (χ3n) is 5.65. The molecule has 2 fully saturated rings. The van der Waals surface area contributed by atoms with Crippen LogP contribution in [0.1, 0.15) is 24.1 Å². The highest BCUT2D eigenvalue weighted by atomic mass is 127. The number of halogens is 2. The van der Waals surface area contributed by atoms with E-state index in [1.54, 1.807) is 0 Å². The Hall–Kier alpha value is -2.10. The molecular formula is C22H30FIN6. The molecule has 1 aromatic heterocycles. The normalized spacial score (nSPS) is 17.3. The number of rotatable bonds is 4. The molecule has 1 aromatic carbocycles. The van der Waals surface area contributed by atoms with Crippen molar-refractivity contribution in [1.29, 1.82) is 0 Å². The molecule has 2 N–H and O–H groups in total. The van der Waals surface area contributed by atoms with Gasteiger partial charge in [0.25, 0.3) is 0 Å². The van der Waals surface area contributed by atoms with E-state index in [2.05, 4.69) is 36.8 Å². The molecule has 0 radical (unpaired) electrons. The lowest BCUT2D eigenvalue weighted by atomic mass is 10.2. The number of nitrogens with two attached hydrogens (primary N) is 1. The number of guanidine groups is 1. The van der Waals surface area contributed by atoms with Crippen molar-refractivity contribution in [3.63, 3.8) is 0 Å². The molecule has 0 atom stereocenters. The van der Waals surface area contributed by atoms with Crippen LogP contribution in [0.25, 0.3) is 0 Å². The zero-order chi connectivity index (χ0) is 20.2. The largest absolute Gasteiger partial charge is 0.370 e. The molecule has 2 aliphatic rings. The Morgan fingerprint density at radius 3 is 2.33 bits per heavy atom. The van der Waals surface area contributed by atoms with Gasteiger partial charge in [-0.2, -0.15) is 0 Å². The number of hydrogen-bond donors (Lipinski definition) is 1. The summed E-state index contributed by atoms with van der Waals surface area (Å²) >= 11 is 0. The van der Waals surface area contributed by atoms with Crippen LogP contribution in [0, 0.1) is 12.7 Å². The number of aryl methyl sites for hydroxylation is 1. The van der Waals surface area contributed by atoms with Gasteiger partial charge in [-0.15, -0.1) is 24.0 Å². The van der Waals surface area contributed by atoms with Crippen LogP contribution in [-0.4, -0.2) is 55.1 Å². The molecule has 3 heterocycles. The lowest BCUT2D eigenvalue weighted by Gasteiger charge is -2.36. The fraction of sp³-hybridized carbons (Fsp3) is 0.455. The average Bonchev–Trinajstić information content (AvgIpc) is 3.27. The van der Waals surface area contributed by atoms with Gasteiger partial charge in [0.15, 0.2) is 5.96 Å². The first kappa shape index (κ1) is 22.6. The van der Waals surface area contributed by atoms with Gasteiger partial charge in [0.2, 0.25) is 0 Å². The minimum Gasteiger partial charge on any atom is -0.370 e. The zero-order valence-electron chi connectivity index (χ0n) is 17.4. The van der Waals surface area contributed by atoms with Crippen molar-refractivity contribution in [2.24, 2.45) is 10.7 Å². The lowest BCUT2D eigenvalue weighted by molar-refractivity contribution is 0.380. The molecule has 0 aliphatic carbocycles. The van der Waals surface area contributed by atoms with Crippen LogP contribution in [0.4, 0.5) is 15.9 Å². The van der Waals surface area contributed by atoms with E-state index >= 15 is 0 Å². The second-order valence-electron chi connectivity index (χ2n) is 7.79. The third kappa shape index (κ3) is 5.53. The van der Waals surface area contributed by atoms with E-state index in [0.29, 0.717) is 12.5 Å². The SMILES string of the molecule is Cc1cc(CN=C(N)N2CCN(c3ccc(F)cc3)CC2)cc(N2CCCC2)n1.I. The van der Waals surface area contributed by atoms with Crippen molar-refractivity contribution >= 4 is 41.4 Å². The van der Waals surface area contributed by atoms with E-state index < -0.39 is 0 Å². The predicted molar refractivity (Wildman–Crippen MR) is 131 cm³/mol. The van der Waals surface area contributed by atoms with Gasteiger partial charge in [-0.3, -0.25) is 0 Å². The quantitative estimate of drug-likeness (QED) is 0.378.